The predicted molar refractivity (Wildman–Crippen MR) is 63.7 cm³/mol. The van der Waals surface area contributed by atoms with Crippen LogP contribution in [0.15, 0.2) is 42.0 Å². The van der Waals surface area contributed by atoms with Gasteiger partial charge in [-0.25, -0.2) is 4.79 Å². The van der Waals surface area contributed by atoms with Gasteiger partial charge in [0.05, 0.1) is 6.42 Å². The molecule has 0 amide bonds. The monoisotopic (exact) mass is 270 g/mol. The Morgan fingerprint density at radius 2 is 1.84 bits per heavy atom. The third-order valence-electron chi connectivity index (χ3n) is 3.38. The minimum Gasteiger partial charge on any atom is -0.478 e. The molecule has 2 nitrogen and oxygen atoms in total. The SMILES string of the molecule is O=C(O)/C=C(\CC(F)(F)F)C1(c2ccccc2)CC1. The smallest absolute Gasteiger partial charge is 0.392 e. The Morgan fingerprint density at radius 3 is 2.26 bits per heavy atom. The van der Waals surface area contributed by atoms with Crippen molar-refractivity contribution >= 4 is 5.97 Å². The van der Waals surface area contributed by atoms with Crippen LogP contribution >= 0.6 is 0 Å². The molecule has 5 heteroatoms. The van der Waals surface area contributed by atoms with Gasteiger partial charge in [-0.05, 0) is 24.0 Å². The average molecular weight is 270 g/mol. The van der Waals surface area contributed by atoms with E-state index < -0.39 is 24.0 Å². The lowest BCUT2D eigenvalue weighted by Gasteiger charge is -2.21. The van der Waals surface area contributed by atoms with E-state index in [9.17, 15) is 18.0 Å². The number of aliphatic carboxylic acids is 1. The van der Waals surface area contributed by atoms with Crippen molar-refractivity contribution < 1.29 is 23.1 Å². The summed E-state index contributed by atoms with van der Waals surface area (Å²) in [5.41, 5.74) is -0.0414. The average Bonchev–Trinajstić information content (AvgIpc) is 3.08. The normalized spacial score (nSPS) is 18.2. The van der Waals surface area contributed by atoms with Gasteiger partial charge in [0.25, 0.3) is 0 Å². The molecule has 0 aliphatic heterocycles. The van der Waals surface area contributed by atoms with Gasteiger partial charge < -0.3 is 5.11 Å². The second-order valence-electron chi connectivity index (χ2n) is 4.75. The molecule has 1 aromatic carbocycles. The Balaban J connectivity index is 2.37. The maximum atomic E-state index is 12.6. The number of halogens is 3. The van der Waals surface area contributed by atoms with Crippen molar-refractivity contribution in [2.75, 3.05) is 0 Å². The van der Waals surface area contributed by atoms with E-state index in [-0.39, 0.29) is 5.57 Å². The van der Waals surface area contributed by atoms with Crippen LogP contribution in [0.2, 0.25) is 0 Å². The lowest BCUT2D eigenvalue weighted by Crippen LogP contribution is -2.19. The lowest BCUT2D eigenvalue weighted by atomic mass is 9.85. The number of hydrogen-bond donors (Lipinski definition) is 1. The minimum absolute atomic E-state index is 0.0568. The second-order valence-corrected chi connectivity index (χ2v) is 4.75. The Hall–Kier alpha value is -1.78. The standard InChI is InChI=1S/C14H13F3O2/c15-14(16,17)9-11(8-12(18)19)13(6-7-13)10-4-2-1-3-5-10/h1-5,8H,6-7,9H2,(H,18,19)/b11-8+. The molecule has 102 valence electrons. The largest absolute Gasteiger partial charge is 0.478 e. The van der Waals surface area contributed by atoms with Gasteiger partial charge in [0.1, 0.15) is 0 Å². The molecular weight excluding hydrogens is 257 g/mol. The fourth-order valence-electron chi connectivity index (χ4n) is 2.40. The first-order valence-corrected chi connectivity index (χ1v) is 5.90. The lowest BCUT2D eigenvalue weighted by molar-refractivity contribution is -0.132. The van der Waals surface area contributed by atoms with Crippen LogP contribution in [0.25, 0.3) is 0 Å². The summed E-state index contributed by atoms with van der Waals surface area (Å²) in [6.07, 6.45) is -3.73. The highest BCUT2D eigenvalue weighted by atomic mass is 19.4. The number of benzene rings is 1. The van der Waals surface area contributed by atoms with Gasteiger partial charge in [0, 0.05) is 11.5 Å². The molecule has 1 fully saturated rings. The van der Waals surface area contributed by atoms with Crippen molar-refractivity contribution in [1.29, 1.82) is 0 Å². The number of hydrogen-bond acceptors (Lipinski definition) is 1. The van der Waals surface area contributed by atoms with Crippen molar-refractivity contribution in [1.82, 2.24) is 0 Å². The molecule has 0 saturated heterocycles. The molecule has 2 rings (SSSR count). The second kappa shape index (κ2) is 4.72. The molecule has 0 heterocycles. The Kier molecular flexibility index (Phi) is 3.39. The molecular formula is C14H13F3O2. The summed E-state index contributed by atoms with van der Waals surface area (Å²) in [4.78, 5) is 10.8. The van der Waals surface area contributed by atoms with Crippen LogP contribution in [-0.2, 0) is 10.2 Å². The Labute approximate surface area is 108 Å². The quantitative estimate of drug-likeness (QED) is 0.847. The minimum atomic E-state index is -4.40. The van der Waals surface area contributed by atoms with Crippen LogP contribution in [0.4, 0.5) is 13.2 Å². The molecule has 1 aliphatic rings. The third kappa shape index (κ3) is 3.16. The van der Waals surface area contributed by atoms with Crippen LogP contribution in [0.3, 0.4) is 0 Å². The van der Waals surface area contributed by atoms with E-state index in [2.05, 4.69) is 0 Å². The van der Waals surface area contributed by atoms with Crippen LogP contribution in [0.5, 0.6) is 0 Å². The van der Waals surface area contributed by atoms with Crippen molar-refractivity contribution in [3.8, 4) is 0 Å². The maximum Gasteiger partial charge on any atom is 0.392 e. The highest BCUT2D eigenvalue weighted by molar-refractivity contribution is 5.81. The van der Waals surface area contributed by atoms with Crippen LogP contribution in [0, 0.1) is 0 Å². The zero-order chi connectivity index (χ0) is 14.1. The van der Waals surface area contributed by atoms with E-state index in [0.717, 1.165) is 5.56 Å². The van der Waals surface area contributed by atoms with E-state index in [1.807, 2.05) is 0 Å². The van der Waals surface area contributed by atoms with E-state index in [1.165, 1.54) is 0 Å². The summed E-state index contributed by atoms with van der Waals surface area (Å²) in [6.45, 7) is 0. The molecule has 0 unspecified atom stereocenters. The third-order valence-corrected chi connectivity index (χ3v) is 3.38. The highest BCUT2D eigenvalue weighted by Crippen LogP contribution is 2.56. The van der Waals surface area contributed by atoms with E-state index in [0.29, 0.717) is 18.9 Å². The predicted octanol–water partition coefficient (Wildman–Crippen LogP) is 3.68. The number of carboxylic acid groups (broad SMARTS) is 1. The van der Waals surface area contributed by atoms with Gasteiger partial charge in [-0.1, -0.05) is 30.3 Å². The number of carbonyl (C=O) groups is 1. The Morgan fingerprint density at radius 1 is 1.26 bits per heavy atom. The summed E-state index contributed by atoms with van der Waals surface area (Å²) in [7, 11) is 0. The molecule has 0 spiro atoms. The first-order chi connectivity index (χ1) is 8.83. The summed E-state index contributed by atoms with van der Waals surface area (Å²) < 4.78 is 37.8. The van der Waals surface area contributed by atoms with Gasteiger partial charge in [0.15, 0.2) is 0 Å². The van der Waals surface area contributed by atoms with Gasteiger partial charge in [-0.15, -0.1) is 0 Å². The van der Waals surface area contributed by atoms with Gasteiger partial charge in [0.2, 0.25) is 0 Å². The van der Waals surface area contributed by atoms with E-state index in [4.69, 9.17) is 5.11 Å². The molecule has 1 saturated carbocycles. The van der Waals surface area contributed by atoms with E-state index >= 15 is 0 Å². The molecule has 1 aliphatic carbocycles. The van der Waals surface area contributed by atoms with Crippen molar-refractivity contribution in [3.05, 3.63) is 47.5 Å². The first-order valence-electron chi connectivity index (χ1n) is 5.90. The number of carboxylic acids is 1. The summed E-state index contributed by atoms with van der Waals surface area (Å²) in [5.74, 6) is -1.33. The zero-order valence-electron chi connectivity index (χ0n) is 10.1. The number of rotatable bonds is 4. The molecule has 19 heavy (non-hydrogen) atoms. The topological polar surface area (TPSA) is 37.3 Å². The van der Waals surface area contributed by atoms with Crippen molar-refractivity contribution in [2.45, 2.75) is 30.9 Å². The van der Waals surface area contributed by atoms with Crippen molar-refractivity contribution in [3.63, 3.8) is 0 Å². The fourth-order valence-corrected chi connectivity index (χ4v) is 2.40. The molecule has 1 N–H and O–H groups in total. The highest BCUT2D eigenvalue weighted by Gasteiger charge is 2.50. The number of alkyl halides is 3. The Bertz CT molecular complexity index is 499. The zero-order valence-corrected chi connectivity index (χ0v) is 10.1. The van der Waals surface area contributed by atoms with Gasteiger partial charge >= 0.3 is 12.1 Å². The van der Waals surface area contributed by atoms with Crippen molar-refractivity contribution in [2.24, 2.45) is 0 Å². The summed E-state index contributed by atoms with van der Waals surface area (Å²) in [6, 6.07) is 8.78. The van der Waals surface area contributed by atoms with Gasteiger partial charge in [-0.2, -0.15) is 13.2 Å². The summed E-state index contributed by atoms with van der Waals surface area (Å²) in [5, 5.41) is 8.78. The van der Waals surface area contributed by atoms with Crippen LogP contribution < -0.4 is 0 Å². The maximum absolute atomic E-state index is 12.6. The molecule has 0 radical (unpaired) electrons. The molecule has 0 bridgehead atoms. The first kappa shape index (κ1) is 13.6. The fraction of sp³-hybridized carbons (Fsp3) is 0.357. The number of allylic oxidation sites excluding steroid dienone is 1. The van der Waals surface area contributed by atoms with Gasteiger partial charge in [-0.3, -0.25) is 0 Å². The van der Waals surface area contributed by atoms with E-state index in [1.54, 1.807) is 30.3 Å². The van der Waals surface area contributed by atoms with Crippen LogP contribution in [-0.4, -0.2) is 17.3 Å². The molecule has 0 atom stereocenters. The van der Waals surface area contributed by atoms with Crippen LogP contribution in [0.1, 0.15) is 24.8 Å². The molecule has 0 aromatic heterocycles. The molecule has 1 aromatic rings. The summed E-state index contributed by atoms with van der Waals surface area (Å²) >= 11 is 0.